The molecule has 0 spiro atoms. The van der Waals surface area contributed by atoms with Crippen LogP contribution in [0, 0.1) is 12.8 Å². The predicted molar refractivity (Wildman–Crippen MR) is 78.7 cm³/mol. The van der Waals surface area contributed by atoms with Crippen LogP contribution in [-0.4, -0.2) is 41.5 Å². The fourth-order valence-electron chi connectivity index (χ4n) is 1.81. The molecule has 1 atom stereocenters. The molecule has 0 aliphatic carbocycles. The molecule has 0 aliphatic rings. The third-order valence-electron chi connectivity index (χ3n) is 3.10. The molecule has 0 aliphatic heterocycles. The molecule has 5 heteroatoms. The molecular weight excluding hydrogens is 256 g/mol. The van der Waals surface area contributed by atoms with Gasteiger partial charge in [0.05, 0.1) is 12.5 Å². The number of carboxylic acid groups (broad SMARTS) is 1. The number of hydrogen-bond acceptors (Lipinski definition) is 3. The Hall–Kier alpha value is -1.88. The molecule has 1 aromatic carbocycles. The van der Waals surface area contributed by atoms with Crippen molar-refractivity contribution in [3.8, 4) is 0 Å². The van der Waals surface area contributed by atoms with Crippen molar-refractivity contribution in [2.24, 2.45) is 5.92 Å². The molecule has 0 aromatic heterocycles. The van der Waals surface area contributed by atoms with E-state index < -0.39 is 11.9 Å². The summed E-state index contributed by atoms with van der Waals surface area (Å²) >= 11 is 0. The maximum atomic E-state index is 11.9. The summed E-state index contributed by atoms with van der Waals surface area (Å²) in [6, 6.07) is 7.56. The smallest absolute Gasteiger partial charge is 0.307 e. The first kappa shape index (κ1) is 16.2. The van der Waals surface area contributed by atoms with Crippen LogP contribution in [0.5, 0.6) is 0 Å². The number of carbonyl (C=O) groups excluding carboxylic acids is 1. The minimum atomic E-state index is -0.845. The molecule has 0 heterocycles. The van der Waals surface area contributed by atoms with E-state index in [4.69, 9.17) is 5.11 Å². The van der Waals surface area contributed by atoms with E-state index in [0.29, 0.717) is 13.1 Å². The Bertz CT molecular complexity index is 457. The quantitative estimate of drug-likeness (QED) is 0.800. The van der Waals surface area contributed by atoms with Crippen LogP contribution in [0.15, 0.2) is 24.3 Å². The van der Waals surface area contributed by atoms with E-state index in [1.807, 2.05) is 43.0 Å². The van der Waals surface area contributed by atoms with Crippen LogP contribution in [0.4, 0.5) is 5.69 Å². The highest BCUT2D eigenvalue weighted by atomic mass is 16.4. The topological polar surface area (TPSA) is 69.6 Å². The van der Waals surface area contributed by atoms with Crippen LogP contribution in [0.1, 0.15) is 19.4 Å². The molecule has 0 radical (unpaired) electrons. The summed E-state index contributed by atoms with van der Waals surface area (Å²) in [5.74, 6) is -1.46. The third-order valence-corrected chi connectivity index (χ3v) is 3.10. The summed E-state index contributed by atoms with van der Waals surface area (Å²) in [6.07, 6.45) is 0. The number of nitrogens with zero attached hydrogens (tertiary/aromatic N) is 1. The molecule has 0 bridgehead atoms. The van der Waals surface area contributed by atoms with Gasteiger partial charge in [0.2, 0.25) is 5.91 Å². The fraction of sp³-hybridized carbons (Fsp3) is 0.467. The first-order chi connectivity index (χ1) is 9.42. The summed E-state index contributed by atoms with van der Waals surface area (Å²) < 4.78 is 0. The molecule has 0 fully saturated rings. The summed E-state index contributed by atoms with van der Waals surface area (Å²) in [6.45, 7) is 6.74. The Balaban J connectivity index is 2.50. The molecule has 0 saturated carbocycles. The summed E-state index contributed by atoms with van der Waals surface area (Å²) in [5.41, 5.74) is 1.89. The second-order valence-corrected chi connectivity index (χ2v) is 4.98. The van der Waals surface area contributed by atoms with E-state index in [2.05, 4.69) is 5.32 Å². The molecule has 1 rings (SSSR count). The first-order valence-electron chi connectivity index (χ1n) is 6.74. The van der Waals surface area contributed by atoms with Gasteiger partial charge in [0.15, 0.2) is 0 Å². The van der Waals surface area contributed by atoms with Gasteiger partial charge in [0.1, 0.15) is 0 Å². The maximum Gasteiger partial charge on any atom is 0.307 e. The first-order valence-corrected chi connectivity index (χ1v) is 6.74. The van der Waals surface area contributed by atoms with Crippen molar-refractivity contribution in [2.45, 2.75) is 20.8 Å². The zero-order chi connectivity index (χ0) is 15.1. The van der Waals surface area contributed by atoms with Crippen molar-refractivity contribution in [2.75, 3.05) is 25.0 Å². The predicted octanol–water partition coefficient (Wildman–Crippen LogP) is 1.98. The molecule has 1 unspecified atom stereocenters. The summed E-state index contributed by atoms with van der Waals surface area (Å²) in [4.78, 5) is 24.6. The number of carboxylic acids is 1. The van der Waals surface area contributed by atoms with Crippen molar-refractivity contribution in [1.82, 2.24) is 4.90 Å². The number of anilines is 1. The van der Waals surface area contributed by atoms with Crippen LogP contribution in [0.25, 0.3) is 0 Å². The zero-order valence-corrected chi connectivity index (χ0v) is 12.2. The number of likely N-dealkylation sites (N-methyl/N-ethyl adjacent to an activating group) is 1. The number of amides is 1. The lowest BCUT2D eigenvalue weighted by atomic mass is 10.1. The van der Waals surface area contributed by atoms with E-state index in [0.717, 1.165) is 11.3 Å². The molecule has 1 aromatic rings. The van der Waals surface area contributed by atoms with Gasteiger partial charge in [0.25, 0.3) is 0 Å². The Labute approximate surface area is 119 Å². The van der Waals surface area contributed by atoms with Gasteiger partial charge >= 0.3 is 5.97 Å². The van der Waals surface area contributed by atoms with Crippen molar-refractivity contribution in [3.63, 3.8) is 0 Å². The zero-order valence-electron chi connectivity index (χ0n) is 12.2. The van der Waals surface area contributed by atoms with Gasteiger partial charge in [0, 0.05) is 12.2 Å². The number of carbonyl (C=O) groups is 2. The molecular formula is C15H22N2O3. The normalized spacial score (nSPS) is 12.2. The Kier molecular flexibility index (Phi) is 6.18. The Morgan fingerprint density at radius 3 is 2.40 bits per heavy atom. The molecule has 20 heavy (non-hydrogen) atoms. The average molecular weight is 278 g/mol. The van der Waals surface area contributed by atoms with Gasteiger partial charge in [-0.15, -0.1) is 0 Å². The van der Waals surface area contributed by atoms with Gasteiger partial charge in [-0.25, -0.2) is 0 Å². The SMILES string of the molecule is CCN(CC(=O)Nc1ccc(C)cc1)CC(C)C(=O)O. The highest BCUT2D eigenvalue weighted by Gasteiger charge is 2.17. The lowest BCUT2D eigenvalue weighted by Gasteiger charge is -2.21. The van der Waals surface area contributed by atoms with Gasteiger partial charge in [-0.05, 0) is 25.6 Å². The molecule has 2 N–H and O–H groups in total. The fourth-order valence-corrected chi connectivity index (χ4v) is 1.81. The lowest BCUT2D eigenvalue weighted by molar-refractivity contribution is -0.142. The van der Waals surface area contributed by atoms with Gasteiger partial charge < -0.3 is 10.4 Å². The molecule has 0 saturated heterocycles. The number of benzene rings is 1. The van der Waals surface area contributed by atoms with Gasteiger partial charge in [-0.3, -0.25) is 14.5 Å². The lowest BCUT2D eigenvalue weighted by Crippen LogP contribution is -2.37. The third kappa shape index (κ3) is 5.40. The van der Waals surface area contributed by atoms with E-state index in [-0.39, 0.29) is 12.5 Å². The monoisotopic (exact) mass is 278 g/mol. The summed E-state index contributed by atoms with van der Waals surface area (Å²) in [7, 11) is 0. The minimum Gasteiger partial charge on any atom is -0.481 e. The molecule has 110 valence electrons. The van der Waals surface area contributed by atoms with Gasteiger partial charge in [-0.1, -0.05) is 31.5 Å². The standard InChI is InChI=1S/C15H22N2O3/c1-4-17(9-12(3)15(19)20)10-14(18)16-13-7-5-11(2)6-8-13/h5-8,12H,4,9-10H2,1-3H3,(H,16,18)(H,19,20). The van der Waals surface area contributed by atoms with Crippen molar-refractivity contribution in [1.29, 1.82) is 0 Å². The van der Waals surface area contributed by atoms with Crippen LogP contribution < -0.4 is 5.32 Å². The summed E-state index contributed by atoms with van der Waals surface area (Å²) in [5, 5.41) is 11.7. The number of aliphatic carboxylic acids is 1. The maximum absolute atomic E-state index is 11.9. The van der Waals surface area contributed by atoms with Crippen molar-refractivity contribution >= 4 is 17.6 Å². The second-order valence-electron chi connectivity index (χ2n) is 4.98. The number of rotatable bonds is 7. The van der Waals surface area contributed by atoms with E-state index in [1.54, 1.807) is 6.92 Å². The van der Waals surface area contributed by atoms with Crippen LogP contribution in [0.2, 0.25) is 0 Å². The number of hydrogen-bond donors (Lipinski definition) is 2. The largest absolute Gasteiger partial charge is 0.481 e. The Morgan fingerprint density at radius 1 is 1.30 bits per heavy atom. The number of nitrogens with one attached hydrogen (secondary N) is 1. The number of aryl methyl sites for hydroxylation is 1. The Morgan fingerprint density at radius 2 is 1.90 bits per heavy atom. The average Bonchev–Trinajstić information content (AvgIpc) is 2.40. The van der Waals surface area contributed by atoms with Crippen molar-refractivity contribution < 1.29 is 14.7 Å². The highest BCUT2D eigenvalue weighted by molar-refractivity contribution is 5.92. The minimum absolute atomic E-state index is 0.131. The molecule has 5 nitrogen and oxygen atoms in total. The van der Waals surface area contributed by atoms with E-state index in [1.165, 1.54) is 0 Å². The highest BCUT2D eigenvalue weighted by Crippen LogP contribution is 2.09. The molecule has 1 amide bonds. The van der Waals surface area contributed by atoms with Crippen LogP contribution in [0.3, 0.4) is 0 Å². The van der Waals surface area contributed by atoms with Crippen LogP contribution in [-0.2, 0) is 9.59 Å². The van der Waals surface area contributed by atoms with Gasteiger partial charge in [-0.2, -0.15) is 0 Å². The van der Waals surface area contributed by atoms with Crippen molar-refractivity contribution in [3.05, 3.63) is 29.8 Å². The van der Waals surface area contributed by atoms with Crippen LogP contribution >= 0.6 is 0 Å². The second kappa shape index (κ2) is 7.65. The van der Waals surface area contributed by atoms with E-state index >= 15 is 0 Å². The van der Waals surface area contributed by atoms with E-state index in [9.17, 15) is 9.59 Å².